The van der Waals surface area contributed by atoms with Gasteiger partial charge in [0.1, 0.15) is 0 Å². The highest BCUT2D eigenvalue weighted by Gasteiger charge is 2.25. The van der Waals surface area contributed by atoms with E-state index < -0.39 is 16.0 Å². The first-order valence-electron chi connectivity index (χ1n) is 6.85. The summed E-state index contributed by atoms with van der Waals surface area (Å²) >= 11 is 5.76. The summed E-state index contributed by atoms with van der Waals surface area (Å²) in [5.41, 5.74) is -0.212. The highest BCUT2D eigenvalue weighted by atomic mass is 35.5. The minimum atomic E-state index is -3.73. The predicted molar refractivity (Wildman–Crippen MR) is 80.2 cm³/mol. The minimum absolute atomic E-state index is 0.0211. The Morgan fingerprint density at radius 3 is 2.71 bits per heavy atom. The molecule has 2 rings (SSSR count). The second kappa shape index (κ2) is 6.34. The smallest absolute Gasteiger partial charge is 0.337 e. The molecule has 2 atom stereocenters. The van der Waals surface area contributed by atoms with Crippen LogP contribution in [0.1, 0.15) is 43.0 Å². The molecule has 5 nitrogen and oxygen atoms in total. The average molecular weight is 332 g/mol. The third-order valence-corrected chi connectivity index (χ3v) is 5.58. The zero-order valence-corrected chi connectivity index (χ0v) is 13.2. The molecule has 0 aliphatic heterocycles. The van der Waals surface area contributed by atoms with E-state index in [1.807, 2.05) is 0 Å². The molecule has 1 saturated carbocycles. The van der Waals surface area contributed by atoms with Crippen molar-refractivity contribution in [1.29, 1.82) is 0 Å². The Balaban J connectivity index is 2.23. The van der Waals surface area contributed by atoms with Crippen molar-refractivity contribution in [2.75, 3.05) is 0 Å². The van der Waals surface area contributed by atoms with Crippen molar-refractivity contribution in [3.05, 3.63) is 28.8 Å². The maximum absolute atomic E-state index is 12.3. The number of hydrogen-bond acceptors (Lipinski definition) is 3. The second-order valence-electron chi connectivity index (χ2n) is 5.54. The Hall–Kier alpha value is -1.11. The molecule has 0 saturated heterocycles. The fourth-order valence-electron chi connectivity index (χ4n) is 2.66. The van der Waals surface area contributed by atoms with Crippen LogP contribution in [0.15, 0.2) is 23.1 Å². The third kappa shape index (κ3) is 3.96. The van der Waals surface area contributed by atoms with Crippen molar-refractivity contribution in [3.8, 4) is 0 Å². The van der Waals surface area contributed by atoms with Crippen molar-refractivity contribution in [3.63, 3.8) is 0 Å². The monoisotopic (exact) mass is 331 g/mol. The van der Waals surface area contributed by atoms with Crippen LogP contribution in [0.4, 0.5) is 0 Å². The highest BCUT2D eigenvalue weighted by Crippen LogP contribution is 2.26. The summed E-state index contributed by atoms with van der Waals surface area (Å²) in [5.74, 6) is -0.755. The maximum atomic E-state index is 12.3. The fourth-order valence-corrected chi connectivity index (χ4v) is 4.17. The number of aromatic carboxylic acids is 1. The van der Waals surface area contributed by atoms with Gasteiger partial charge in [-0.05, 0) is 37.0 Å². The van der Waals surface area contributed by atoms with Crippen LogP contribution < -0.4 is 4.72 Å². The lowest BCUT2D eigenvalue weighted by Crippen LogP contribution is -2.38. The van der Waals surface area contributed by atoms with Gasteiger partial charge in [-0.15, -0.1) is 0 Å². The van der Waals surface area contributed by atoms with Crippen molar-refractivity contribution in [2.24, 2.45) is 5.92 Å². The molecule has 0 radical (unpaired) electrons. The Morgan fingerprint density at radius 1 is 1.38 bits per heavy atom. The van der Waals surface area contributed by atoms with Gasteiger partial charge in [-0.2, -0.15) is 0 Å². The van der Waals surface area contributed by atoms with Crippen LogP contribution in [0.5, 0.6) is 0 Å². The molecule has 116 valence electrons. The molecule has 0 aromatic heterocycles. The Morgan fingerprint density at radius 2 is 2.10 bits per heavy atom. The molecular formula is C14H18ClNO4S. The molecule has 1 aromatic carbocycles. The molecule has 0 bridgehead atoms. The molecule has 0 heterocycles. The maximum Gasteiger partial charge on any atom is 0.337 e. The lowest BCUT2D eigenvalue weighted by Gasteiger charge is -2.27. The van der Waals surface area contributed by atoms with Crippen LogP contribution in [0.3, 0.4) is 0 Å². The quantitative estimate of drug-likeness (QED) is 0.888. The van der Waals surface area contributed by atoms with Crippen LogP contribution in [0.2, 0.25) is 5.02 Å². The summed E-state index contributed by atoms with van der Waals surface area (Å²) in [6, 6.07) is 3.62. The van der Waals surface area contributed by atoms with E-state index in [0.29, 0.717) is 5.92 Å². The van der Waals surface area contributed by atoms with Crippen LogP contribution in [-0.4, -0.2) is 25.5 Å². The third-order valence-electron chi connectivity index (χ3n) is 3.74. The molecule has 1 fully saturated rings. The molecule has 2 N–H and O–H groups in total. The van der Waals surface area contributed by atoms with Gasteiger partial charge in [-0.3, -0.25) is 0 Å². The lowest BCUT2D eigenvalue weighted by atomic mass is 9.88. The van der Waals surface area contributed by atoms with Crippen LogP contribution in [-0.2, 0) is 10.0 Å². The SMILES string of the molecule is CC1CCCC(NS(=O)(=O)c2ccc(Cl)c(C(=O)O)c2)C1. The van der Waals surface area contributed by atoms with Gasteiger partial charge in [0.05, 0.1) is 15.5 Å². The van der Waals surface area contributed by atoms with E-state index in [2.05, 4.69) is 11.6 Å². The predicted octanol–water partition coefficient (Wildman–Crippen LogP) is 2.90. The van der Waals surface area contributed by atoms with E-state index in [4.69, 9.17) is 16.7 Å². The van der Waals surface area contributed by atoms with Crippen molar-refractivity contribution >= 4 is 27.6 Å². The fraction of sp³-hybridized carbons (Fsp3) is 0.500. The number of carboxylic acid groups (broad SMARTS) is 1. The van der Waals surface area contributed by atoms with E-state index in [1.165, 1.54) is 12.1 Å². The summed E-state index contributed by atoms with van der Waals surface area (Å²) < 4.78 is 27.4. The van der Waals surface area contributed by atoms with E-state index in [0.717, 1.165) is 31.7 Å². The summed E-state index contributed by atoms with van der Waals surface area (Å²) in [7, 11) is -3.73. The topological polar surface area (TPSA) is 83.5 Å². The minimum Gasteiger partial charge on any atom is -0.478 e. The Kier molecular flexibility index (Phi) is 4.91. The van der Waals surface area contributed by atoms with Crippen LogP contribution in [0, 0.1) is 5.92 Å². The first-order chi connectivity index (χ1) is 9.79. The van der Waals surface area contributed by atoms with E-state index in [-0.39, 0.29) is 21.5 Å². The Bertz CT molecular complexity index is 644. The lowest BCUT2D eigenvalue weighted by molar-refractivity contribution is 0.0697. The summed E-state index contributed by atoms with van der Waals surface area (Å²) in [6.07, 6.45) is 3.72. The molecule has 0 spiro atoms. The zero-order valence-electron chi connectivity index (χ0n) is 11.7. The zero-order chi connectivity index (χ0) is 15.6. The number of benzene rings is 1. The summed E-state index contributed by atoms with van der Waals surface area (Å²) in [5, 5.41) is 9.03. The van der Waals surface area contributed by atoms with Gasteiger partial charge in [0.2, 0.25) is 10.0 Å². The van der Waals surface area contributed by atoms with Crippen molar-refractivity contribution in [2.45, 2.75) is 43.5 Å². The molecular weight excluding hydrogens is 314 g/mol. The second-order valence-corrected chi connectivity index (χ2v) is 7.66. The molecule has 7 heteroatoms. The van der Waals surface area contributed by atoms with Gasteiger partial charge in [-0.25, -0.2) is 17.9 Å². The summed E-state index contributed by atoms with van der Waals surface area (Å²) in [6.45, 7) is 2.10. The molecule has 2 unspecified atom stereocenters. The first kappa shape index (κ1) is 16.3. The number of carbonyl (C=O) groups is 1. The highest BCUT2D eigenvalue weighted by molar-refractivity contribution is 7.89. The van der Waals surface area contributed by atoms with Gasteiger partial charge < -0.3 is 5.11 Å². The number of halogens is 1. The van der Waals surface area contributed by atoms with Gasteiger partial charge in [0.15, 0.2) is 0 Å². The number of hydrogen-bond donors (Lipinski definition) is 2. The number of sulfonamides is 1. The standard InChI is InChI=1S/C14H18ClNO4S/c1-9-3-2-4-10(7-9)16-21(19,20)11-5-6-13(15)12(8-11)14(17)18/h5-6,8-10,16H,2-4,7H2,1H3,(H,17,18). The molecule has 1 aromatic rings. The average Bonchev–Trinajstić information content (AvgIpc) is 2.38. The van der Waals surface area contributed by atoms with Crippen LogP contribution in [0.25, 0.3) is 0 Å². The van der Waals surface area contributed by atoms with Gasteiger partial charge in [0.25, 0.3) is 0 Å². The molecule has 1 aliphatic rings. The van der Waals surface area contributed by atoms with Gasteiger partial charge >= 0.3 is 5.97 Å². The number of nitrogens with one attached hydrogen (secondary N) is 1. The van der Waals surface area contributed by atoms with Gasteiger partial charge in [-0.1, -0.05) is 31.4 Å². The normalized spacial score (nSPS) is 23.0. The van der Waals surface area contributed by atoms with E-state index in [1.54, 1.807) is 0 Å². The van der Waals surface area contributed by atoms with Gasteiger partial charge in [0, 0.05) is 6.04 Å². The number of carboxylic acids is 1. The van der Waals surface area contributed by atoms with Crippen LogP contribution >= 0.6 is 11.6 Å². The summed E-state index contributed by atoms with van der Waals surface area (Å²) in [4.78, 5) is 11.0. The first-order valence-corrected chi connectivity index (χ1v) is 8.71. The number of rotatable bonds is 4. The largest absolute Gasteiger partial charge is 0.478 e. The molecule has 0 amide bonds. The van der Waals surface area contributed by atoms with Crippen molar-refractivity contribution in [1.82, 2.24) is 4.72 Å². The molecule has 1 aliphatic carbocycles. The Labute approximate surface area is 129 Å². The van der Waals surface area contributed by atoms with E-state index >= 15 is 0 Å². The van der Waals surface area contributed by atoms with E-state index in [9.17, 15) is 13.2 Å². The van der Waals surface area contributed by atoms with Crippen molar-refractivity contribution < 1.29 is 18.3 Å². The molecule has 21 heavy (non-hydrogen) atoms.